The van der Waals surface area contributed by atoms with Gasteiger partial charge in [-0.15, -0.1) is 11.3 Å². The Morgan fingerprint density at radius 2 is 1.94 bits per heavy atom. The highest BCUT2D eigenvalue weighted by Crippen LogP contribution is 2.31. The maximum absolute atomic E-state index is 12.5. The number of benzene rings is 1. The van der Waals surface area contributed by atoms with E-state index in [0.717, 1.165) is 0 Å². The second-order valence-electron chi connectivity index (χ2n) is 3.55. The Labute approximate surface area is 116 Å². The van der Waals surface area contributed by atoms with E-state index in [2.05, 4.69) is 0 Å². The number of hydrogen-bond acceptors (Lipinski definition) is 3. The molecule has 0 radical (unpaired) electrons. The van der Waals surface area contributed by atoms with E-state index in [1.807, 2.05) is 0 Å². The zero-order chi connectivity index (χ0) is 13.2. The second kappa shape index (κ2) is 5.30. The second-order valence-corrected chi connectivity index (χ2v) is 7.00. The minimum atomic E-state index is -3.52. The molecule has 2 aromatic rings. The smallest absolute Gasteiger partial charge is 0.264 e. The van der Waals surface area contributed by atoms with E-state index < -0.39 is 10.0 Å². The van der Waals surface area contributed by atoms with Crippen molar-refractivity contribution in [2.75, 3.05) is 10.8 Å². The van der Waals surface area contributed by atoms with Gasteiger partial charge < -0.3 is 0 Å². The lowest BCUT2D eigenvalue weighted by Gasteiger charge is -2.22. The van der Waals surface area contributed by atoms with Crippen molar-refractivity contribution in [2.24, 2.45) is 0 Å². The lowest BCUT2D eigenvalue weighted by molar-refractivity contribution is 0.594. The van der Waals surface area contributed by atoms with Crippen molar-refractivity contribution in [2.45, 2.75) is 11.1 Å². The minimum Gasteiger partial charge on any atom is -0.264 e. The number of anilines is 1. The Balaban J connectivity index is 2.51. The van der Waals surface area contributed by atoms with Gasteiger partial charge in [0.1, 0.15) is 4.21 Å². The van der Waals surface area contributed by atoms with Crippen LogP contribution in [0.4, 0.5) is 5.69 Å². The molecule has 1 heterocycles. The van der Waals surface area contributed by atoms with Gasteiger partial charge in [0.15, 0.2) is 0 Å². The molecule has 2 rings (SSSR count). The number of rotatable bonds is 4. The Hall–Kier alpha value is -1.04. The van der Waals surface area contributed by atoms with E-state index >= 15 is 0 Å². The lowest BCUT2D eigenvalue weighted by atomic mass is 10.3. The highest BCUT2D eigenvalue weighted by Gasteiger charge is 2.25. The zero-order valence-corrected chi connectivity index (χ0v) is 12.1. The molecule has 0 N–H and O–H groups in total. The molecule has 1 aromatic heterocycles. The van der Waals surface area contributed by atoms with Gasteiger partial charge in [-0.25, -0.2) is 8.42 Å². The number of para-hydroxylation sites is 1. The third kappa shape index (κ3) is 2.39. The van der Waals surface area contributed by atoms with Crippen molar-refractivity contribution >= 4 is 38.6 Å². The molecule has 0 saturated heterocycles. The topological polar surface area (TPSA) is 37.4 Å². The molecule has 0 atom stereocenters. The van der Waals surface area contributed by atoms with Crippen LogP contribution < -0.4 is 4.31 Å². The van der Waals surface area contributed by atoms with Crippen LogP contribution in [0.2, 0.25) is 5.02 Å². The maximum atomic E-state index is 12.5. The van der Waals surface area contributed by atoms with Crippen LogP contribution in [-0.2, 0) is 10.0 Å². The maximum Gasteiger partial charge on any atom is 0.273 e. The predicted octanol–water partition coefficient (Wildman–Crippen LogP) is 3.62. The summed E-state index contributed by atoms with van der Waals surface area (Å²) in [5.41, 5.74) is 0.509. The molecule has 0 amide bonds. The van der Waals surface area contributed by atoms with Gasteiger partial charge >= 0.3 is 0 Å². The van der Waals surface area contributed by atoms with E-state index in [1.54, 1.807) is 48.7 Å². The fourth-order valence-electron chi connectivity index (χ4n) is 1.64. The third-order valence-corrected chi connectivity index (χ3v) is 6.03. The van der Waals surface area contributed by atoms with Gasteiger partial charge in [-0.2, -0.15) is 0 Å². The van der Waals surface area contributed by atoms with Crippen molar-refractivity contribution in [3.8, 4) is 0 Å². The van der Waals surface area contributed by atoms with Crippen molar-refractivity contribution in [3.63, 3.8) is 0 Å². The van der Waals surface area contributed by atoms with Crippen molar-refractivity contribution in [1.82, 2.24) is 0 Å². The number of halogens is 1. The predicted molar refractivity (Wildman–Crippen MR) is 76.0 cm³/mol. The van der Waals surface area contributed by atoms with Crippen LogP contribution >= 0.6 is 22.9 Å². The molecule has 0 aliphatic heterocycles. The van der Waals surface area contributed by atoms with E-state index in [9.17, 15) is 8.42 Å². The fraction of sp³-hybridized carbons (Fsp3) is 0.167. The Bertz CT molecular complexity index is 623. The molecule has 0 aliphatic rings. The molecule has 18 heavy (non-hydrogen) atoms. The number of sulfonamides is 1. The summed E-state index contributed by atoms with van der Waals surface area (Å²) in [6, 6.07) is 10.3. The van der Waals surface area contributed by atoms with Crippen molar-refractivity contribution in [1.29, 1.82) is 0 Å². The molecule has 96 valence electrons. The molecule has 0 aliphatic carbocycles. The zero-order valence-electron chi connectivity index (χ0n) is 9.71. The van der Waals surface area contributed by atoms with E-state index in [4.69, 9.17) is 11.6 Å². The summed E-state index contributed by atoms with van der Waals surface area (Å²) in [6.07, 6.45) is 0. The Morgan fingerprint density at radius 3 is 2.50 bits per heavy atom. The largest absolute Gasteiger partial charge is 0.273 e. The van der Waals surface area contributed by atoms with Crippen LogP contribution in [0.5, 0.6) is 0 Å². The normalized spacial score (nSPS) is 11.4. The summed E-state index contributed by atoms with van der Waals surface area (Å²) >= 11 is 7.26. The monoisotopic (exact) mass is 301 g/mol. The molecule has 6 heteroatoms. The van der Waals surface area contributed by atoms with Gasteiger partial charge in [-0.05, 0) is 30.5 Å². The quantitative estimate of drug-likeness (QED) is 0.865. The minimum absolute atomic E-state index is 0.323. The molecule has 0 saturated carbocycles. The lowest BCUT2D eigenvalue weighted by Crippen LogP contribution is -2.30. The summed E-state index contributed by atoms with van der Waals surface area (Å²) in [7, 11) is -3.52. The van der Waals surface area contributed by atoms with Gasteiger partial charge in [0.05, 0.1) is 10.7 Å². The molecule has 0 fully saturated rings. The SMILES string of the molecule is CCN(c1ccccc1Cl)S(=O)(=O)c1cccs1. The standard InChI is InChI=1S/C12H12ClNO2S2/c1-2-14(11-7-4-3-6-10(11)13)18(15,16)12-8-5-9-17-12/h3-9H,2H2,1H3. The van der Waals surface area contributed by atoms with E-state index in [-0.39, 0.29) is 0 Å². The average molecular weight is 302 g/mol. The van der Waals surface area contributed by atoms with Crippen LogP contribution in [0.15, 0.2) is 46.0 Å². The summed E-state index contributed by atoms with van der Waals surface area (Å²) < 4.78 is 26.6. The molecule has 0 bridgehead atoms. The molecule has 0 spiro atoms. The van der Waals surface area contributed by atoms with Crippen LogP contribution in [0, 0.1) is 0 Å². The van der Waals surface area contributed by atoms with Crippen LogP contribution in [0.3, 0.4) is 0 Å². The summed E-state index contributed by atoms with van der Waals surface area (Å²) in [6.45, 7) is 2.12. The van der Waals surface area contributed by atoms with Gasteiger partial charge in [-0.3, -0.25) is 4.31 Å². The third-order valence-electron chi connectivity index (χ3n) is 2.45. The Morgan fingerprint density at radius 1 is 1.22 bits per heavy atom. The number of thiophene rings is 1. The highest BCUT2D eigenvalue weighted by molar-refractivity contribution is 7.94. The van der Waals surface area contributed by atoms with E-state index in [1.165, 1.54) is 15.6 Å². The average Bonchev–Trinajstić information content (AvgIpc) is 2.86. The number of nitrogens with zero attached hydrogens (tertiary/aromatic N) is 1. The first-order valence-corrected chi connectivity index (χ1v) is 8.08. The fourth-order valence-corrected chi connectivity index (χ4v) is 4.53. The van der Waals surface area contributed by atoms with E-state index in [0.29, 0.717) is 21.5 Å². The van der Waals surface area contributed by atoms with Gasteiger partial charge in [-0.1, -0.05) is 29.8 Å². The molecular formula is C12H12ClNO2S2. The van der Waals surface area contributed by atoms with Crippen molar-refractivity contribution < 1.29 is 8.42 Å². The molecule has 3 nitrogen and oxygen atoms in total. The molecular weight excluding hydrogens is 290 g/mol. The first-order valence-electron chi connectivity index (χ1n) is 5.38. The summed E-state index contributed by atoms with van der Waals surface area (Å²) in [5.74, 6) is 0. The van der Waals surface area contributed by atoms with Gasteiger partial charge in [0.25, 0.3) is 10.0 Å². The van der Waals surface area contributed by atoms with Crippen LogP contribution in [0.25, 0.3) is 0 Å². The summed E-state index contributed by atoms with van der Waals surface area (Å²) in [5, 5.41) is 2.17. The van der Waals surface area contributed by atoms with Crippen LogP contribution in [0.1, 0.15) is 6.92 Å². The van der Waals surface area contributed by atoms with Crippen LogP contribution in [-0.4, -0.2) is 15.0 Å². The Kier molecular flexibility index (Phi) is 3.94. The summed E-state index contributed by atoms with van der Waals surface area (Å²) in [4.78, 5) is 0. The molecule has 0 unspecified atom stereocenters. The number of hydrogen-bond donors (Lipinski definition) is 0. The van der Waals surface area contributed by atoms with Gasteiger partial charge in [0.2, 0.25) is 0 Å². The van der Waals surface area contributed by atoms with Crippen molar-refractivity contribution in [3.05, 3.63) is 46.8 Å². The highest BCUT2D eigenvalue weighted by atomic mass is 35.5. The first-order chi connectivity index (χ1) is 8.57. The first kappa shape index (κ1) is 13.4. The van der Waals surface area contributed by atoms with Gasteiger partial charge in [0, 0.05) is 6.54 Å². The molecule has 1 aromatic carbocycles.